The first-order valence-corrected chi connectivity index (χ1v) is 9.93. The van der Waals surface area contributed by atoms with Crippen LogP contribution in [0.3, 0.4) is 0 Å². The van der Waals surface area contributed by atoms with E-state index in [1.165, 1.54) is 6.26 Å². The lowest BCUT2D eigenvalue weighted by Gasteiger charge is -2.35. The Morgan fingerprint density at radius 2 is 1.88 bits per heavy atom. The molecule has 2 heterocycles. The molecule has 1 aliphatic heterocycles. The summed E-state index contributed by atoms with van der Waals surface area (Å²) in [5, 5.41) is 10.1. The normalized spacial score (nSPS) is 17.4. The second kappa shape index (κ2) is 10.6. The summed E-state index contributed by atoms with van der Waals surface area (Å²) in [6.07, 6.45) is 4.34. The van der Waals surface area contributed by atoms with Gasteiger partial charge in [0.05, 0.1) is 12.6 Å². The van der Waals surface area contributed by atoms with Crippen LogP contribution in [-0.2, 0) is 6.54 Å². The minimum Gasteiger partial charge on any atom is -0.447 e. The van der Waals surface area contributed by atoms with Crippen molar-refractivity contribution in [2.75, 3.05) is 45.8 Å². The summed E-state index contributed by atoms with van der Waals surface area (Å²) in [7, 11) is 0. The summed E-state index contributed by atoms with van der Waals surface area (Å²) in [6, 6.07) is 0. The molecule has 0 spiro atoms. The molecule has 0 radical (unpaired) electrons. The molecule has 1 aliphatic rings. The van der Waals surface area contributed by atoms with Gasteiger partial charge in [-0.2, -0.15) is 0 Å². The lowest BCUT2D eigenvalue weighted by Crippen LogP contribution is -2.48. The molecule has 1 aromatic heterocycles. The van der Waals surface area contributed by atoms with Gasteiger partial charge in [0, 0.05) is 45.8 Å². The summed E-state index contributed by atoms with van der Waals surface area (Å²) in [5.41, 5.74) is 0.390. The molecule has 1 saturated heterocycles. The fourth-order valence-electron chi connectivity index (χ4n) is 3.30. The van der Waals surface area contributed by atoms with Crippen molar-refractivity contribution in [2.24, 2.45) is 0 Å². The number of aliphatic hydroxyl groups excluding tert-OH is 1. The van der Waals surface area contributed by atoms with E-state index in [0.29, 0.717) is 31.2 Å². The van der Waals surface area contributed by atoms with Crippen molar-refractivity contribution >= 4 is 5.91 Å². The number of oxazole rings is 1. The molecule has 0 aromatic carbocycles. The third-order valence-corrected chi connectivity index (χ3v) is 5.01. The van der Waals surface area contributed by atoms with Gasteiger partial charge in [-0.15, -0.1) is 0 Å². The van der Waals surface area contributed by atoms with Gasteiger partial charge in [-0.05, 0) is 20.3 Å². The SMILES string of the molecule is CCCCC(O)CN1CCN(Cc2nc(C(=O)N(CC)CC)co2)CC1. The third-order valence-electron chi connectivity index (χ3n) is 5.01. The first-order valence-electron chi connectivity index (χ1n) is 9.93. The second-order valence-corrected chi connectivity index (χ2v) is 6.98. The van der Waals surface area contributed by atoms with Gasteiger partial charge in [-0.3, -0.25) is 14.6 Å². The van der Waals surface area contributed by atoms with Crippen LogP contribution in [0, 0.1) is 0 Å². The Morgan fingerprint density at radius 3 is 2.50 bits per heavy atom. The maximum absolute atomic E-state index is 12.3. The molecule has 7 heteroatoms. The molecule has 0 bridgehead atoms. The van der Waals surface area contributed by atoms with E-state index in [1.807, 2.05) is 13.8 Å². The molecule has 148 valence electrons. The number of unbranched alkanes of at least 4 members (excludes halogenated alkanes) is 1. The maximum Gasteiger partial charge on any atom is 0.275 e. The average molecular weight is 367 g/mol. The van der Waals surface area contributed by atoms with E-state index in [2.05, 4.69) is 21.7 Å². The van der Waals surface area contributed by atoms with Crippen LogP contribution in [-0.4, -0.2) is 82.6 Å². The molecule has 0 aliphatic carbocycles. The van der Waals surface area contributed by atoms with E-state index < -0.39 is 0 Å². The number of hydrogen-bond donors (Lipinski definition) is 1. The maximum atomic E-state index is 12.3. The number of amides is 1. The molecule has 1 aromatic rings. The van der Waals surface area contributed by atoms with Crippen molar-refractivity contribution in [1.29, 1.82) is 0 Å². The number of piperazine rings is 1. The number of carbonyl (C=O) groups excluding carboxylic acids is 1. The van der Waals surface area contributed by atoms with Gasteiger partial charge in [0.2, 0.25) is 5.89 Å². The number of rotatable bonds is 10. The van der Waals surface area contributed by atoms with Crippen LogP contribution in [0.15, 0.2) is 10.7 Å². The summed E-state index contributed by atoms with van der Waals surface area (Å²) in [4.78, 5) is 23.0. The van der Waals surface area contributed by atoms with Crippen molar-refractivity contribution in [3.63, 3.8) is 0 Å². The van der Waals surface area contributed by atoms with Gasteiger partial charge in [0.1, 0.15) is 6.26 Å². The fraction of sp³-hybridized carbons (Fsp3) is 0.789. The zero-order chi connectivity index (χ0) is 18.9. The Hall–Kier alpha value is -1.44. The fourth-order valence-corrected chi connectivity index (χ4v) is 3.30. The predicted molar refractivity (Wildman–Crippen MR) is 101 cm³/mol. The molecule has 0 saturated carbocycles. The quantitative estimate of drug-likeness (QED) is 0.681. The third kappa shape index (κ3) is 6.07. The summed E-state index contributed by atoms with van der Waals surface area (Å²) < 4.78 is 5.51. The number of β-amino-alcohol motifs (C(OH)–C–C–N with tert-alkyl or cyclic N) is 1. The highest BCUT2D eigenvalue weighted by Gasteiger charge is 2.22. The van der Waals surface area contributed by atoms with E-state index >= 15 is 0 Å². The Kier molecular flexibility index (Phi) is 8.54. The standard InChI is InChI=1S/C19H34N4O3/c1-4-7-8-16(24)13-21-9-11-22(12-10-21)14-18-20-17(15-26-18)19(25)23(5-2)6-3/h15-16,24H,4-14H2,1-3H3. The Morgan fingerprint density at radius 1 is 1.23 bits per heavy atom. The molecule has 1 atom stereocenters. The monoisotopic (exact) mass is 366 g/mol. The van der Waals surface area contributed by atoms with Crippen molar-refractivity contribution in [2.45, 2.75) is 52.7 Å². The first-order chi connectivity index (χ1) is 12.6. The van der Waals surface area contributed by atoms with Crippen LogP contribution in [0.25, 0.3) is 0 Å². The van der Waals surface area contributed by atoms with Gasteiger partial charge >= 0.3 is 0 Å². The molecule has 1 fully saturated rings. The van der Waals surface area contributed by atoms with E-state index in [-0.39, 0.29) is 12.0 Å². The smallest absolute Gasteiger partial charge is 0.275 e. The van der Waals surface area contributed by atoms with E-state index in [9.17, 15) is 9.90 Å². The molecule has 26 heavy (non-hydrogen) atoms. The van der Waals surface area contributed by atoms with Gasteiger partial charge in [0.25, 0.3) is 5.91 Å². The van der Waals surface area contributed by atoms with E-state index in [1.54, 1.807) is 4.90 Å². The molecule has 7 nitrogen and oxygen atoms in total. The van der Waals surface area contributed by atoms with Gasteiger partial charge in [-0.25, -0.2) is 4.98 Å². The van der Waals surface area contributed by atoms with Gasteiger partial charge in [-0.1, -0.05) is 19.8 Å². The van der Waals surface area contributed by atoms with E-state index in [0.717, 1.165) is 52.0 Å². The molecule has 1 amide bonds. The van der Waals surface area contributed by atoms with Crippen LogP contribution in [0.5, 0.6) is 0 Å². The zero-order valence-corrected chi connectivity index (χ0v) is 16.5. The molecule has 2 rings (SSSR count). The lowest BCUT2D eigenvalue weighted by molar-refractivity contribution is 0.0627. The lowest BCUT2D eigenvalue weighted by atomic mass is 10.1. The average Bonchev–Trinajstić information content (AvgIpc) is 3.11. The van der Waals surface area contributed by atoms with Crippen LogP contribution in [0.4, 0.5) is 0 Å². The number of nitrogens with zero attached hydrogens (tertiary/aromatic N) is 4. The van der Waals surface area contributed by atoms with Crippen LogP contribution < -0.4 is 0 Å². The van der Waals surface area contributed by atoms with Crippen molar-refractivity contribution in [1.82, 2.24) is 19.7 Å². The molecule has 1 unspecified atom stereocenters. The van der Waals surface area contributed by atoms with Crippen molar-refractivity contribution in [3.8, 4) is 0 Å². The van der Waals surface area contributed by atoms with E-state index in [4.69, 9.17) is 4.42 Å². The highest BCUT2D eigenvalue weighted by molar-refractivity contribution is 5.91. The number of aromatic nitrogens is 1. The molecular weight excluding hydrogens is 332 g/mol. The Balaban J connectivity index is 1.77. The number of carbonyl (C=O) groups is 1. The van der Waals surface area contributed by atoms with Crippen molar-refractivity contribution in [3.05, 3.63) is 17.8 Å². The molecular formula is C19H34N4O3. The van der Waals surface area contributed by atoms with Crippen LogP contribution in [0.2, 0.25) is 0 Å². The number of hydrogen-bond acceptors (Lipinski definition) is 6. The minimum atomic E-state index is -0.220. The molecule has 1 N–H and O–H groups in total. The highest BCUT2D eigenvalue weighted by Crippen LogP contribution is 2.12. The van der Waals surface area contributed by atoms with Crippen LogP contribution >= 0.6 is 0 Å². The Labute approximate surface area is 157 Å². The van der Waals surface area contributed by atoms with Crippen molar-refractivity contribution < 1.29 is 14.3 Å². The minimum absolute atomic E-state index is 0.0733. The largest absolute Gasteiger partial charge is 0.447 e. The first kappa shape index (κ1) is 20.9. The summed E-state index contributed by atoms with van der Waals surface area (Å²) >= 11 is 0. The van der Waals surface area contributed by atoms with Crippen LogP contribution in [0.1, 0.15) is 56.4 Å². The highest BCUT2D eigenvalue weighted by atomic mass is 16.3. The topological polar surface area (TPSA) is 73.1 Å². The summed E-state index contributed by atoms with van der Waals surface area (Å²) in [6.45, 7) is 12.5. The van der Waals surface area contributed by atoms with Gasteiger partial charge < -0.3 is 14.4 Å². The number of aliphatic hydroxyl groups is 1. The van der Waals surface area contributed by atoms with Gasteiger partial charge in [0.15, 0.2) is 5.69 Å². The zero-order valence-electron chi connectivity index (χ0n) is 16.5. The Bertz CT molecular complexity index is 537. The summed E-state index contributed by atoms with van der Waals surface area (Å²) in [5.74, 6) is 0.521. The second-order valence-electron chi connectivity index (χ2n) is 6.98. The predicted octanol–water partition coefficient (Wildman–Crippen LogP) is 1.83.